The first-order valence-corrected chi connectivity index (χ1v) is 7.00. The molecule has 1 fully saturated rings. The van der Waals surface area contributed by atoms with Crippen molar-refractivity contribution >= 4 is 6.09 Å². The molecule has 0 aromatic heterocycles. The van der Waals surface area contributed by atoms with Crippen LogP contribution in [0.25, 0.3) is 0 Å². The fraction of sp³-hybridized carbons (Fsp3) is 0.929. The monoisotopic (exact) mass is 256 g/mol. The average molecular weight is 256 g/mol. The number of piperidine rings is 1. The molecule has 0 unspecified atom stereocenters. The maximum atomic E-state index is 12.3. The van der Waals surface area contributed by atoms with Gasteiger partial charge < -0.3 is 15.0 Å². The van der Waals surface area contributed by atoms with E-state index in [2.05, 4.69) is 19.2 Å². The minimum absolute atomic E-state index is 0.176. The van der Waals surface area contributed by atoms with Crippen molar-refractivity contribution in [2.45, 2.75) is 59.1 Å². The first-order valence-electron chi connectivity index (χ1n) is 7.00. The molecule has 1 N–H and O–H groups in total. The highest BCUT2D eigenvalue weighted by Crippen LogP contribution is 2.17. The summed E-state index contributed by atoms with van der Waals surface area (Å²) in [6, 6.07) is 0.274. The van der Waals surface area contributed by atoms with Crippen LogP contribution in [0.5, 0.6) is 0 Å². The van der Waals surface area contributed by atoms with E-state index in [1.54, 1.807) is 0 Å². The van der Waals surface area contributed by atoms with Crippen molar-refractivity contribution < 1.29 is 9.53 Å². The molecule has 4 heteroatoms. The highest BCUT2D eigenvalue weighted by atomic mass is 16.6. The Labute approximate surface area is 111 Å². The van der Waals surface area contributed by atoms with E-state index >= 15 is 0 Å². The first kappa shape index (κ1) is 15.3. The van der Waals surface area contributed by atoms with Gasteiger partial charge in [0.15, 0.2) is 0 Å². The van der Waals surface area contributed by atoms with E-state index in [0.29, 0.717) is 5.92 Å². The van der Waals surface area contributed by atoms with Crippen LogP contribution in [0, 0.1) is 5.92 Å². The number of rotatable bonds is 3. The summed E-state index contributed by atoms with van der Waals surface area (Å²) in [6.07, 6.45) is 2.02. The zero-order chi connectivity index (χ0) is 13.8. The van der Waals surface area contributed by atoms with E-state index < -0.39 is 5.60 Å². The van der Waals surface area contributed by atoms with Crippen LogP contribution >= 0.6 is 0 Å². The lowest BCUT2D eigenvalue weighted by Crippen LogP contribution is -2.51. The molecule has 1 aliphatic rings. The molecule has 0 spiro atoms. The molecule has 106 valence electrons. The van der Waals surface area contributed by atoms with E-state index in [9.17, 15) is 4.79 Å². The number of amides is 1. The van der Waals surface area contributed by atoms with Crippen molar-refractivity contribution in [3.8, 4) is 0 Å². The molecule has 1 atom stereocenters. The molecule has 0 aromatic carbocycles. The summed E-state index contributed by atoms with van der Waals surface area (Å²) in [5.74, 6) is 0.458. The second-order valence-corrected chi connectivity index (χ2v) is 6.53. The van der Waals surface area contributed by atoms with Gasteiger partial charge in [0.05, 0.1) is 0 Å². The number of nitrogens with one attached hydrogen (secondary N) is 1. The van der Waals surface area contributed by atoms with Crippen LogP contribution in [0.1, 0.15) is 47.5 Å². The Morgan fingerprint density at radius 2 is 2.11 bits per heavy atom. The maximum absolute atomic E-state index is 12.3. The fourth-order valence-electron chi connectivity index (χ4n) is 2.19. The molecule has 0 aromatic rings. The van der Waals surface area contributed by atoms with Gasteiger partial charge >= 0.3 is 6.09 Å². The quantitative estimate of drug-likeness (QED) is 0.844. The summed E-state index contributed by atoms with van der Waals surface area (Å²) in [5.41, 5.74) is -0.422. The second kappa shape index (κ2) is 6.41. The predicted octanol–water partition coefficient (Wildman–Crippen LogP) is 2.63. The number of nitrogens with zero attached hydrogens (tertiary/aromatic N) is 1. The molecule has 4 nitrogen and oxygen atoms in total. The van der Waals surface area contributed by atoms with Crippen molar-refractivity contribution in [3.05, 3.63) is 0 Å². The number of hydrogen-bond acceptors (Lipinski definition) is 3. The minimum atomic E-state index is -0.422. The molecule has 0 bridgehead atoms. The second-order valence-electron chi connectivity index (χ2n) is 6.53. The molecule has 1 aliphatic heterocycles. The van der Waals surface area contributed by atoms with E-state index in [1.807, 2.05) is 25.7 Å². The highest BCUT2D eigenvalue weighted by Gasteiger charge is 2.29. The Morgan fingerprint density at radius 3 is 2.56 bits per heavy atom. The van der Waals surface area contributed by atoms with Crippen LogP contribution in [0.4, 0.5) is 4.79 Å². The van der Waals surface area contributed by atoms with Gasteiger partial charge in [0.1, 0.15) is 5.60 Å². The molecule has 1 amide bonds. The van der Waals surface area contributed by atoms with Crippen molar-refractivity contribution in [1.82, 2.24) is 10.2 Å². The lowest BCUT2D eigenvalue weighted by Gasteiger charge is -2.36. The molecule has 1 heterocycles. The van der Waals surface area contributed by atoms with Gasteiger partial charge in [0.25, 0.3) is 0 Å². The van der Waals surface area contributed by atoms with Gasteiger partial charge in [0, 0.05) is 19.1 Å². The fourth-order valence-corrected chi connectivity index (χ4v) is 2.19. The largest absolute Gasteiger partial charge is 0.444 e. The van der Waals surface area contributed by atoms with Gasteiger partial charge in [-0.1, -0.05) is 13.8 Å². The predicted molar refractivity (Wildman–Crippen MR) is 73.7 cm³/mol. The number of hydrogen-bond donors (Lipinski definition) is 1. The third-order valence-electron chi connectivity index (χ3n) is 2.90. The number of ether oxygens (including phenoxy) is 1. The van der Waals surface area contributed by atoms with Crippen molar-refractivity contribution in [2.75, 3.05) is 19.6 Å². The lowest BCUT2D eigenvalue weighted by molar-refractivity contribution is 0.0108. The van der Waals surface area contributed by atoms with Gasteiger partial charge in [-0.3, -0.25) is 0 Å². The minimum Gasteiger partial charge on any atom is -0.444 e. The van der Waals surface area contributed by atoms with E-state index in [1.165, 1.54) is 0 Å². The number of carbonyl (C=O) groups excluding carboxylic acids is 1. The van der Waals surface area contributed by atoms with Gasteiger partial charge in [-0.15, -0.1) is 0 Å². The average Bonchev–Trinajstić information content (AvgIpc) is 2.24. The molecular weight excluding hydrogens is 228 g/mol. The Morgan fingerprint density at radius 1 is 1.44 bits per heavy atom. The topological polar surface area (TPSA) is 41.6 Å². The maximum Gasteiger partial charge on any atom is 0.410 e. The van der Waals surface area contributed by atoms with Crippen LogP contribution in [-0.2, 0) is 4.74 Å². The Kier molecular flexibility index (Phi) is 5.45. The summed E-state index contributed by atoms with van der Waals surface area (Å²) < 4.78 is 5.51. The summed E-state index contributed by atoms with van der Waals surface area (Å²) in [5, 5.41) is 3.36. The third kappa shape index (κ3) is 5.25. The molecule has 0 saturated carbocycles. The third-order valence-corrected chi connectivity index (χ3v) is 2.90. The standard InChI is InChI=1S/C14H28N2O2/c1-11(2)10-16(12-7-6-8-15-9-12)13(17)18-14(3,4)5/h11-12,15H,6-10H2,1-5H3/t12-/m1/s1. The SMILES string of the molecule is CC(C)CN(C(=O)OC(C)(C)C)[C@@H]1CCCNC1. The van der Waals surface area contributed by atoms with E-state index in [0.717, 1.165) is 32.5 Å². The normalized spacial score (nSPS) is 20.9. The summed E-state index contributed by atoms with van der Waals surface area (Å²) in [4.78, 5) is 14.2. The lowest BCUT2D eigenvalue weighted by atomic mass is 10.0. The van der Waals surface area contributed by atoms with Crippen molar-refractivity contribution in [2.24, 2.45) is 5.92 Å². The van der Waals surface area contributed by atoms with Crippen molar-refractivity contribution in [1.29, 1.82) is 0 Å². The van der Waals surface area contributed by atoms with Crippen LogP contribution in [0.15, 0.2) is 0 Å². The zero-order valence-corrected chi connectivity index (χ0v) is 12.5. The smallest absolute Gasteiger partial charge is 0.410 e. The van der Waals surface area contributed by atoms with Gasteiger partial charge in [0.2, 0.25) is 0 Å². The van der Waals surface area contributed by atoms with E-state index in [4.69, 9.17) is 4.74 Å². The molecule has 1 saturated heterocycles. The van der Waals surface area contributed by atoms with Crippen LogP contribution in [0.3, 0.4) is 0 Å². The Hall–Kier alpha value is -0.770. The van der Waals surface area contributed by atoms with Crippen molar-refractivity contribution in [3.63, 3.8) is 0 Å². The van der Waals surface area contributed by atoms with Crippen LogP contribution in [-0.4, -0.2) is 42.3 Å². The molecular formula is C14H28N2O2. The summed E-state index contributed by atoms with van der Waals surface area (Å²) >= 11 is 0. The Balaban J connectivity index is 2.67. The number of carbonyl (C=O) groups is 1. The Bertz CT molecular complexity index is 265. The first-order chi connectivity index (χ1) is 8.29. The highest BCUT2D eigenvalue weighted by molar-refractivity contribution is 5.68. The molecule has 0 aliphatic carbocycles. The van der Waals surface area contributed by atoms with E-state index in [-0.39, 0.29) is 12.1 Å². The zero-order valence-electron chi connectivity index (χ0n) is 12.5. The molecule has 0 radical (unpaired) electrons. The molecule has 1 rings (SSSR count). The molecule has 18 heavy (non-hydrogen) atoms. The van der Waals surface area contributed by atoms with Crippen LogP contribution in [0.2, 0.25) is 0 Å². The van der Waals surface area contributed by atoms with Gasteiger partial charge in [-0.05, 0) is 46.1 Å². The van der Waals surface area contributed by atoms with Gasteiger partial charge in [-0.2, -0.15) is 0 Å². The van der Waals surface area contributed by atoms with Gasteiger partial charge in [-0.25, -0.2) is 4.79 Å². The summed E-state index contributed by atoms with van der Waals surface area (Å²) in [7, 11) is 0. The summed E-state index contributed by atoms with van der Waals surface area (Å²) in [6.45, 7) is 12.7. The van der Waals surface area contributed by atoms with Crippen LogP contribution < -0.4 is 5.32 Å².